The molecule has 0 saturated carbocycles. The first kappa shape index (κ1) is 64.2. The summed E-state index contributed by atoms with van der Waals surface area (Å²) in [5.41, 5.74) is 7.17. The van der Waals surface area contributed by atoms with Gasteiger partial charge in [0.1, 0.15) is 24.2 Å². The Morgan fingerprint density at radius 2 is 0.958 bits per heavy atom. The molecule has 14 atom stereocenters. The van der Waals surface area contributed by atoms with Crippen molar-refractivity contribution in [1.82, 2.24) is 50.0 Å². The zero-order valence-corrected chi connectivity index (χ0v) is 53.3. The van der Waals surface area contributed by atoms with Gasteiger partial charge in [0.15, 0.2) is 12.2 Å². The van der Waals surface area contributed by atoms with Gasteiger partial charge in [0, 0.05) is 85.3 Å². The van der Waals surface area contributed by atoms with Crippen molar-refractivity contribution < 1.29 is 78.5 Å². The van der Waals surface area contributed by atoms with Crippen LogP contribution in [0.5, 0.6) is 0 Å². The molecular formula is C70H76N10O16. The Labute approximate surface area is 550 Å². The fourth-order valence-electron chi connectivity index (χ4n) is 16.5. The summed E-state index contributed by atoms with van der Waals surface area (Å²) in [6, 6.07) is 28.2. The second-order valence-electron chi connectivity index (χ2n) is 27.1. The molecule has 0 bridgehead atoms. The number of aromatic amines is 2. The van der Waals surface area contributed by atoms with Gasteiger partial charge >= 0.3 is 11.9 Å². The second kappa shape index (κ2) is 23.9. The number of nitrogens with zero attached hydrogens (tertiary/aromatic N) is 6. The number of piperazine rings is 2. The standard InChI is InChI=1S/2C33H35N5O5.C4H6O6/c2*1-32(35-29(39)21-15-23-22-10-6-11-24-28(22)20(17-34-24)16-25(23)36(2)18-21)31(41)38-26(14-19-8-4-3-5-9-19)30(40)37-13-7-12-27(37)33(38,42)43-32;5-1(3(7)8)2(6)4(9)10/h2*3-6,8-11,15,17,21,25-27,34,42H,7,12-14,16,18H2,1-2H3,(H,35,39);1-2,5-6H,(H,7,8)(H,9,10)/t2*21-,25+,26+,27+,32+,33-;1-,2-/m000/s1. The number of benzene rings is 4. The van der Waals surface area contributed by atoms with Crippen LogP contribution in [-0.2, 0) is 73.5 Å². The highest BCUT2D eigenvalue weighted by molar-refractivity contribution is 6.03. The van der Waals surface area contributed by atoms with E-state index in [1.165, 1.54) is 45.5 Å². The van der Waals surface area contributed by atoms with Gasteiger partial charge in [0.2, 0.25) is 35.1 Å². The summed E-state index contributed by atoms with van der Waals surface area (Å²) < 4.78 is 12.5. The number of hydrogen-bond donors (Lipinski definition) is 10. The molecule has 4 aromatic carbocycles. The van der Waals surface area contributed by atoms with Gasteiger partial charge in [-0.2, -0.15) is 0 Å². The molecule has 2 aliphatic carbocycles. The van der Waals surface area contributed by atoms with Crippen LogP contribution in [-0.4, -0.2) is 229 Å². The number of nitrogens with one attached hydrogen (secondary N) is 4. The van der Waals surface area contributed by atoms with E-state index in [0.717, 1.165) is 57.3 Å². The van der Waals surface area contributed by atoms with Gasteiger partial charge in [-0.3, -0.25) is 57.8 Å². The molecule has 6 amide bonds. The Morgan fingerprint density at radius 1 is 0.573 bits per heavy atom. The van der Waals surface area contributed by atoms with E-state index in [2.05, 4.69) is 67.1 Å². The minimum absolute atomic E-state index is 0.144. The van der Waals surface area contributed by atoms with E-state index in [9.17, 15) is 48.6 Å². The number of amides is 6. The smallest absolute Gasteiger partial charge is 0.335 e. The molecule has 10 aliphatic rings. The third kappa shape index (κ3) is 10.5. The predicted molar refractivity (Wildman–Crippen MR) is 343 cm³/mol. The molecule has 6 aromatic rings. The Bertz CT molecular complexity index is 3990. The lowest BCUT2D eigenvalue weighted by Gasteiger charge is -2.48. The van der Waals surface area contributed by atoms with Crippen molar-refractivity contribution in [3.05, 3.63) is 155 Å². The summed E-state index contributed by atoms with van der Waals surface area (Å²) in [4.78, 5) is 120. The van der Waals surface area contributed by atoms with Crippen LogP contribution in [0.2, 0.25) is 0 Å². The van der Waals surface area contributed by atoms with Gasteiger partial charge in [-0.25, -0.2) is 9.59 Å². The minimum Gasteiger partial charge on any atom is -0.479 e. The number of aromatic nitrogens is 2. The van der Waals surface area contributed by atoms with E-state index in [0.29, 0.717) is 51.9 Å². The van der Waals surface area contributed by atoms with Crippen LogP contribution in [0.3, 0.4) is 0 Å². The zero-order valence-electron chi connectivity index (χ0n) is 53.3. The highest BCUT2D eigenvalue weighted by Gasteiger charge is 2.72. The summed E-state index contributed by atoms with van der Waals surface area (Å²) in [5, 5.41) is 64.7. The van der Waals surface area contributed by atoms with Crippen LogP contribution >= 0.6 is 0 Å². The zero-order chi connectivity index (χ0) is 67.7. The number of carbonyl (C=O) groups excluding carboxylic acids is 6. The molecule has 2 aromatic heterocycles. The maximum absolute atomic E-state index is 14.2. The highest BCUT2D eigenvalue weighted by Crippen LogP contribution is 2.49. The summed E-state index contributed by atoms with van der Waals surface area (Å²) in [6.45, 7) is 4.90. The molecular weight excluding hydrogens is 1240 g/mol. The summed E-state index contributed by atoms with van der Waals surface area (Å²) in [6.07, 6.45) is 8.23. The van der Waals surface area contributed by atoms with Gasteiger partial charge < -0.3 is 61.0 Å². The largest absolute Gasteiger partial charge is 0.479 e. The van der Waals surface area contributed by atoms with Crippen molar-refractivity contribution in [1.29, 1.82) is 0 Å². The molecule has 10 heterocycles. The van der Waals surface area contributed by atoms with E-state index in [1.54, 1.807) is 9.80 Å². The normalized spacial score (nSPS) is 31.5. The maximum atomic E-state index is 14.2. The molecule has 6 fully saturated rings. The lowest BCUT2D eigenvalue weighted by Crippen LogP contribution is -2.71. The molecule has 0 unspecified atom stereocenters. The number of H-pyrrole nitrogens is 2. The average molecular weight is 1310 g/mol. The predicted octanol–water partition coefficient (Wildman–Crippen LogP) is 1.86. The SMILES string of the molecule is CN1C[C@@H](C(=O)N[C@]2(C)O[C@@]3(O)[C@H]4CCCN4C(=O)[C@@H](Cc4ccccc4)N3C2=O)C=C2c3cccc4[nH]cc(c34)C[C@H]21.CN1C[C@@H](C(=O)N[C@]2(C)O[C@@]3(O)[C@H]4CCCN4C(=O)[C@@H](Cc4ccccc4)N3C2=O)C=C2c3cccc4[nH]cc(c34)C[C@H]21.O=C(O)[C@@H](O)[C@H](O)C(=O)O. The fourth-order valence-corrected chi connectivity index (χ4v) is 16.5. The van der Waals surface area contributed by atoms with Gasteiger partial charge in [-0.15, -0.1) is 0 Å². The van der Waals surface area contributed by atoms with Crippen LogP contribution < -0.4 is 10.6 Å². The molecule has 26 nitrogen and oxygen atoms in total. The minimum atomic E-state index is -2.27. The van der Waals surface area contributed by atoms with E-state index < -0.39 is 95.2 Å². The number of likely N-dealkylation sites (N-methyl/N-ethyl adjacent to an activating group) is 2. The number of ether oxygens (including phenoxy) is 2. The summed E-state index contributed by atoms with van der Waals surface area (Å²) in [5.74, 6) is -11.1. The first-order valence-electron chi connectivity index (χ1n) is 32.5. The lowest BCUT2D eigenvalue weighted by atomic mass is 9.79. The van der Waals surface area contributed by atoms with Crippen LogP contribution in [0.4, 0.5) is 0 Å². The van der Waals surface area contributed by atoms with E-state index in [1.807, 2.05) is 99.0 Å². The third-order valence-electron chi connectivity index (χ3n) is 21.1. The Kier molecular flexibility index (Phi) is 16.0. The topological polar surface area (TPSA) is 351 Å². The van der Waals surface area contributed by atoms with Gasteiger partial charge in [-0.05, 0) is 123 Å². The molecule has 10 N–H and O–H groups in total. The first-order valence-corrected chi connectivity index (χ1v) is 32.5. The van der Waals surface area contributed by atoms with Crippen LogP contribution in [0, 0.1) is 11.8 Å². The molecule has 0 spiro atoms. The molecule has 502 valence electrons. The van der Waals surface area contributed by atoms with Crippen molar-refractivity contribution in [2.24, 2.45) is 11.8 Å². The van der Waals surface area contributed by atoms with Crippen LogP contribution in [0.25, 0.3) is 33.0 Å². The maximum Gasteiger partial charge on any atom is 0.335 e. The molecule has 6 saturated heterocycles. The number of aliphatic hydroxyl groups is 4. The van der Waals surface area contributed by atoms with Gasteiger partial charge in [0.25, 0.3) is 23.6 Å². The van der Waals surface area contributed by atoms with Crippen molar-refractivity contribution >= 4 is 80.3 Å². The Balaban J connectivity index is 0.000000145. The second-order valence-corrected chi connectivity index (χ2v) is 27.1. The molecule has 8 aliphatic heterocycles. The first-order chi connectivity index (χ1) is 45.8. The van der Waals surface area contributed by atoms with E-state index in [-0.39, 0.29) is 48.6 Å². The van der Waals surface area contributed by atoms with Crippen molar-refractivity contribution in [3.8, 4) is 0 Å². The molecule has 26 heteroatoms. The van der Waals surface area contributed by atoms with Gasteiger partial charge in [0.05, 0.1) is 11.8 Å². The van der Waals surface area contributed by atoms with Crippen LogP contribution in [0.1, 0.15) is 72.9 Å². The quantitative estimate of drug-likeness (QED) is 0.0885. The average Bonchev–Trinajstić information content (AvgIpc) is 1.54. The number of aliphatic carboxylic acids is 2. The number of fused-ring (bicyclic) bond motifs is 10. The van der Waals surface area contributed by atoms with Gasteiger partial charge in [-0.1, -0.05) is 97.1 Å². The number of aliphatic hydroxyl groups excluding tert-OH is 2. The van der Waals surface area contributed by atoms with Crippen molar-refractivity contribution in [3.63, 3.8) is 0 Å². The van der Waals surface area contributed by atoms with Crippen molar-refractivity contribution in [2.45, 2.75) is 137 Å². The lowest BCUT2D eigenvalue weighted by molar-refractivity contribution is -0.315. The van der Waals surface area contributed by atoms with Crippen molar-refractivity contribution in [2.75, 3.05) is 40.3 Å². The number of carbonyl (C=O) groups is 8. The summed E-state index contributed by atoms with van der Waals surface area (Å²) >= 11 is 0. The molecule has 0 radical (unpaired) electrons. The Hall–Kier alpha value is -9.12. The fraction of sp³-hybridized carbons (Fsp3) is 0.429. The Morgan fingerprint density at radius 3 is 1.33 bits per heavy atom. The number of carboxylic acid groups (broad SMARTS) is 2. The van der Waals surface area contributed by atoms with E-state index in [4.69, 9.17) is 29.9 Å². The number of rotatable bonds is 11. The highest BCUT2D eigenvalue weighted by atomic mass is 16.7. The monoisotopic (exact) mass is 1310 g/mol. The third-order valence-corrected chi connectivity index (χ3v) is 21.1. The number of hydrogen-bond acceptors (Lipinski definition) is 16. The molecule has 96 heavy (non-hydrogen) atoms. The molecule has 16 rings (SSSR count). The van der Waals surface area contributed by atoms with Crippen LogP contribution in [0.15, 0.2) is 122 Å². The van der Waals surface area contributed by atoms with E-state index >= 15 is 0 Å². The number of carboxylic acids is 2. The summed E-state index contributed by atoms with van der Waals surface area (Å²) in [7, 11) is 4.04.